The number of hydrogen-bond donors (Lipinski definition) is 1. The van der Waals surface area contributed by atoms with Crippen molar-refractivity contribution in [2.75, 3.05) is 6.54 Å². The van der Waals surface area contributed by atoms with Crippen LogP contribution < -0.4 is 4.72 Å². The molecule has 0 atom stereocenters. The molecule has 84 valence electrons. The monoisotopic (exact) mass is 285 g/mol. The van der Waals surface area contributed by atoms with Gasteiger partial charge in [0.25, 0.3) is 0 Å². The van der Waals surface area contributed by atoms with Crippen LogP contribution in [-0.2, 0) is 10.0 Å². The minimum atomic E-state index is -3.52. The van der Waals surface area contributed by atoms with E-state index in [0.29, 0.717) is 4.34 Å². The summed E-state index contributed by atoms with van der Waals surface area (Å²) in [6.45, 7) is 5.15. The fraction of sp³-hybridized carbons (Fsp3) is 0.250. The molecule has 0 radical (unpaired) electrons. The van der Waals surface area contributed by atoms with Crippen LogP contribution in [0.5, 0.6) is 0 Å². The van der Waals surface area contributed by atoms with Crippen molar-refractivity contribution in [3.63, 3.8) is 0 Å². The molecule has 0 unspecified atom stereocenters. The molecule has 0 saturated heterocycles. The predicted octanol–water partition coefficient (Wildman–Crippen LogP) is 2.74. The van der Waals surface area contributed by atoms with Crippen LogP contribution in [0.4, 0.5) is 0 Å². The Hall–Kier alpha value is -0.0700. The van der Waals surface area contributed by atoms with Gasteiger partial charge in [-0.2, -0.15) is 0 Å². The zero-order valence-electron chi connectivity index (χ0n) is 7.88. The summed E-state index contributed by atoms with van der Waals surface area (Å²) in [6, 6.07) is 1.52. The van der Waals surface area contributed by atoms with Gasteiger partial charge in [0.15, 0.2) is 0 Å². The van der Waals surface area contributed by atoms with Crippen LogP contribution in [0.1, 0.15) is 5.56 Å². The van der Waals surface area contributed by atoms with Crippen molar-refractivity contribution in [1.82, 2.24) is 4.72 Å². The Bertz CT molecular complexity index is 459. The van der Waals surface area contributed by atoms with Crippen LogP contribution in [-0.4, -0.2) is 15.0 Å². The summed E-state index contributed by atoms with van der Waals surface area (Å²) in [5.74, 6) is 0. The van der Waals surface area contributed by atoms with Crippen molar-refractivity contribution in [2.45, 2.75) is 11.1 Å². The van der Waals surface area contributed by atoms with Gasteiger partial charge in [-0.3, -0.25) is 0 Å². The smallest absolute Gasteiger partial charge is 0.206 e. The van der Waals surface area contributed by atoms with Crippen molar-refractivity contribution >= 4 is 44.6 Å². The lowest BCUT2D eigenvalue weighted by atomic mass is 10.4. The summed E-state index contributed by atoms with van der Waals surface area (Å²) in [4.78, 5) is 0. The lowest BCUT2D eigenvalue weighted by Gasteiger charge is -2.02. The second-order valence-electron chi connectivity index (χ2n) is 2.86. The molecule has 0 amide bonds. The molecule has 0 bridgehead atoms. The highest BCUT2D eigenvalue weighted by molar-refractivity contribution is 7.91. The van der Waals surface area contributed by atoms with Gasteiger partial charge in [-0.05, 0) is 18.6 Å². The number of thiophene rings is 1. The normalized spacial score (nSPS) is 11.7. The Balaban J connectivity index is 2.91. The molecule has 0 saturated carbocycles. The molecule has 7 heteroatoms. The van der Waals surface area contributed by atoms with Gasteiger partial charge in [-0.15, -0.1) is 11.3 Å². The summed E-state index contributed by atoms with van der Waals surface area (Å²) >= 11 is 12.3. The summed E-state index contributed by atoms with van der Waals surface area (Å²) in [7, 11) is -3.52. The van der Waals surface area contributed by atoms with E-state index < -0.39 is 10.0 Å². The minimum Gasteiger partial charge on any atom is -0.206 e. The molecule has 0 aliphatic rings. The van der Waals surface area contributed by atoms with E-state index in [-0.39, 0.29) is 15.8 Å². The van der Waals surface area contributed by atoms with Crippen LogP contribution in [0.2, 0.25) is 4.34 Å². The van der Waals surface area contributed by atoms with Crippen molar-refractivity contribution in [1.29, 1.82) is 0 Å². The number of nitrogens with one attached hydrogen (secondary N) is 1. The van der Waals surface area contributed by atoms with E-state index in [0.717, 1.165) is 16.9 Å². The summed E-state index contributed by atoms with van der Waals surface area (Å²) in [5.41, 5.74) is 0.742. The molecule has 1 heterocycles. The molecule has 1 aromatic rings. The highest BCUT2D eigenvalue weighted by Gasteiger charge is 2.17. The van der Waals surface area contributed by atoms with Crippen LogP contribution >= 0.6 is 34.5 Å². The fourth-order valence-corrected chi connectivity index (χ4v) is 3.73. The van der Waals surface area contributed by atoms with E-state index in [1.807, 2.05) is 0 Å². The van der Waals surface area contributed by atoms with E-state index in [1.54, 1.807) is 6.92 Å². The molecule has 1 aromatic heterocycles. The number of halogens is 2. The number of sulfonamides is 1. The van der Waals surface area contributed by atoms with Gasteiger partial charge in [-0.1, -0.05) is 29.8 Å². The third kappa shape index (κ3) is 3.46. The van der Waals surface area contributed by atoms with Gasteiger partial charge < -0.3 is 0 Å². The van der Waals surface area contributed by atoms with E-state index >= 15 is 0 Å². The SMILES string of the molecule is C=C(Cl)CNS(=O)(=O)c1cc(C)c(Cl)s1. The second-order valence-corrected chi connectivity index (χ2v) is 7.05. The molecule has 0 fully saturated rings. The van der Waals surface area contributed by atoms with Gasteiger partial charge in [0.05, 0.1) is 4.34 Å². The summed E-state index contributed by atoms with van der Waals surface area (Å²) in [5, 5.41) is 0.234. The lowest BCUT2D eigenvalue weighted by molar-refractivity contribution is 0.587. The first kappa shape index (κ1) is 13.0. The molecular weight excluding hydrogens is 277 g/mol. The highest BCUT2D eigenvalue weighted by atomic mass is 35.5. The maximum atomic E-state index is 11.6. The van der Waals surface area contributed by atoms with E-state index in [1.165, 1.54) is 6.07 Å². The van der Waals surface area contributed by atoms with Crippen LogP contribution in [0.3, 0.4) is 0 Å². The van der Waals surface area contributed by atoms with E-state index in [9.17, 15) is 8.42 Å². The van der Waals surface area contributed by atoms with Gasteiger partial charge in [0.1, 0.15) is 4.21 Å². The van der Waals surface area contributed by atoms with Gasteiger partial charge in [0, 0.05) is 11.6 Å². The molecular formula is C8H9Cl2NO2S2. The van der Waals surface area contributed by atoms with Gasteiger partial charge >= 0.3 is 0 Å². The molecule has 0 aromatic carbocycles. The average molecular weight is 286 g/mol. The lowest BCUT2D eigenvalue weighted by Crippen LogP contribution is -2.23. The molecule has 0 spiro atoms. The Morgan fingerprint density at radius 2 is 2.27 bits per heavy atom. The van der Waals surface area contributed by atoms with Crippen LogP contribution in [0, 0.1) is 6.92 Å². The number of aryl methyl sites for hydroxylation is 1. The van der Waals surface area contributed by atoms with Gasteiger partial charge in [-0.25, -0.2) is 13.1 Å². The topological polar surface area (TPSA) is 46.2 Å². The average Bonchev–Trinajstić information content (AvgIpc) is 2.45. The molecule has 0 aliphatic carbocycles. The third-order valence-corrected chi connectivity index (χ3v) is 5.12. The van der Waals surface area contributed by atoms with Gasteiger partial charge in [0.2, 0.25) is 10.0 Å². The molecule has 3 nitrogen and oxygen atoms in total. The van der Waals surface area contributed by atoms with E-state index in [4.69, 9.17) is 23.2 Å². The van der Waals surface area contributed by atoms with Crippen molar-refractivity contribution in [3.05, 3.63) is 27.6 Å². The van der Waals surface area contributed by atoms with Crippen LogP contribution in [0.25, 0.3) is 0 Å². The first-order chi connectivity index (χ1) is 6.83. The summed E-state index contributed by atoms with van der Waals surface area (Å²) < 4.78 is 26.2. The Morgan fingerprint density at radius 1 is 1.67 bits per heavy atom. The maximum Gasteiger partial charge on any atom is 0.250 e. The largest absolute Gasteiger partial charge is 0.250 e. The Kier molecular flexibility index (Phi) is 4.20. The first-order valence-corrected chi connectivity index (χ1v) is 6.97. The highest BCUT2D eigenvalue weighted by Crippen LogP contribution is 2.29. The quantitative estimate of drug-likeness (QED) is 0.925. The van der Waals surface area contributed by atoms with Crippen molar-refractivity contribution < 1.29 is 8.42 Å². The standard InChI is InChI=1S/C8H9Cl2NO2S2/c1-5-3-7(14-8(5)10)15(12,13)11-4-6(2)9/h3,11H,2,4H2,1H3. The molecule has 15 heavy (non-hydrogen) atoms. The number of rotatable bonds is 4. The van der Waals surface area contributed by atoms with Crippen molar-refractivity contribution in [2.24, 2.45) is 0 Å². The molecule has 1 N–H and O–H groups in total. The van der Waals surface area contributed by atoms with E-state index in [2.05, 4.69) is 11.3 Å². The third-order valence-electron chi connectivity index (χ3n) is 1.55. The zero-order chi connectivity index (χ0) is 11.6. The fourth-order valence-electron chi connectivity index (χ4n) is 0.809. The van der Waals surface area contributed by atoms with Crippen LogP contribution in [0.15, 0.2) is 21.9 Å². The molecule has 1 rings (SSSR count). The minimum absolute atomic E-state index is 0.0124. The zero-order valence-corrected chi connectivity index (χ0v) is 11.0. The Morgan fingerprint density at radius 3 is 2.67 bits per heavy atom. The molecule has 0 aliphatic heterocycles. The second kappa shape index (κ2) is 4.84. The maximum absolute atomic E-state index is 11.6. The number of hydrogen-bond acceptors (Lipinski definition) is 3. The first-order valence-electron chi connectivity index (χ1n) is 3.92. The van der Waals surface area contributed by atoms with Crippen molar-refractivity contribution in [3.8, 4) is 0 Å². The summed E-state index contributed by atoms with van der Waals surface area (Å²) in [6.07, 6.45) is 0. The Labute approximate surface area is 103 Å². The predicted molar refractivity (Wildman–Crippen MR) is 64.2 cm³/mol.